The van der Waals surface area contributed by atoms with Gasteiger partial charge in [0.15, 0.2) is 17.4 Å². The largest absolute Gasteiger partial charge is 0.482 e. The number of nitrogens with two attached hydrogens (primary N) is 1. The standard InChI is InChI=1S/C22H20FN5O3/c1-12-16-9-14(23)5-6-15(16)18(29)4-3-7-30-22-20(17(10-24)28(2)27-22)13-8-19(31-12)21(25)26-11-13/h5-6,8-9,11-12H,3-4,7H2,1-2H3,(H2,25,26)/t12-/m1/s1. The number of benzene rings is 1. The number of pyridine rings is 1. The minimum absolute atomic E-state index is 0.122. The molecule has 0 amide bonds. The Morgan fingerprint density at radius 3 is 2.94 bits per heavy atom. The summed E-state index contributed by atoms with van der Waals surface area (Å²) in [6.07, 6.45) is 1.47. The highest BCUT2D eigenvalue weighted by atomic mass is 19.1. The van der Waals surface area contributed by atoms with Gasteiger partial charge in [-0.1, -0.05) is 0 Å². The minimum Gasteiger partial charge on any atom is -0.482 e. The molecular formula is C22H20FN5O3. The smallest absolute Gasteiger partial charge is 0.242 e. The summed E-state index contributed by atoms with van der Waals surface area (Å²) in [4.78, 5) is 17.0. The first-order valence-electron chi connectivity index (χ1n) is 9.74. The number of fused-ring (bicyclic) bond motifs is 5. The highest BCUT2D eigenvalue weighted by Gasteiger charge is 2.24. The van der Waals surface area contributed by atoms with Crippen molar-refractivity contribution in [3.63, 3.8) is 0 Å². The fourth-order valence-electron chi connectivity index (χ4n) is 3.59. The van der Waals surface area contributed by atoms with Crippen molar-refractivity contribution >= 4 is 11.6 Å². The van der Waals surface area contributed by atoms with Crippen LogP contribution in [0.4, 0.5) is 10.2 Å². The molecule has 0 aliphatic carbocycles. The summed E-state index contributed by atoms with van der Waals surface area (Å²) in [5.74, 6) is 0.00623. The maximum Gasteiger partial charge on any atom is 0.242 e. The van der Waals surface area contributed by atoms with Crippen LogP contribution in [0.3, 0.4) is 0 Å². The van der Waals surface area contributed by atoms with Crippen molar-refractivity contribution in [1.82, 2.24) is 14.8 Å². The Kier molecular flexibility index (Phi) is 5.29. The Morgan fingerprint density at radius 1 is 1.35 bits per heavy atom. The number of ketones is 1. The molecule has 9 heteroatoms. The molecule has 0 saturated heterocycles. The second kappa shape index (κ2) is 8.07. The lowest BCUT2D eigenvalue weighted by Gasteiger charge is -2.20. The van der Waals surface area contributed by atoms with Crippen LogP contribution in [0.1, 0.15) is 47.5 Å². The Bertz CT molecular complexity index is 1210. The van der Waals surface area contributed by atoms with Crippen LogP contribution in [0, 0.1) is 17.1 Å². The van der Waals surface area contributed by atoms with Gasteiger partial charge in [-0.25, -0.2) is 9.37 Å². The number of nitriles is 1. The number of rotatable bonds is 0. The molecule has 0 fully saturated rings. The van der Waals surface area contributed by atoms with Gasteiger partial charge in [0.1, 0.15) is 23.7 Å². The summed E-state index contributed by atoms with van der Waals surface area (Å²) in [5, 5.41) is 13.9. The van der Waals surface area contributed by atoms with E-state index in [0.717, 1.165) is 0 Å². The van der Waals surface area contributed by atoms with Crippen LogP contribution in [-0.2, 0) is 7.05 Å². The number of aryl methyl sites for hydroxylation is 1. The normalized spacial score (nSPS) is 16.2. The third-order valence-electron chi connectivity index (χ3n) is 5.13. The van der Waals surface area contributed by atoms with E-state index in [2.05, 4.69) is 16.2 Å². The Morgan fingerprint density at radius 2 is 2.16 bits per heavy atom. The van der Waals surface area contributed by atoms with Crippen LogP contribution in [0.2, 0.25) is 0 Å². The first-order valence-corrected chi connectivity index (χ1v) is 9.74. The molecule has 1 aliphatic heterocycles. The summed E-state index contributed by atoms with van der Waals surface area (Å²) < 4.78 is 27.2. The number of carbonyl (C=O) groups is 1. The Labute approximate surface area is 178 Å². The fourth-order valence-corrected chi connectivity index (χ4v) is 3.59. The van der Waals surface area contributed by atoms with Crippen molar-refractivity contribution in [3.8, 4) is 28.8 Å². The van der Waals surface area contributed by atoms with Crippen molar-refractivity contribution in [1.29, 1.82) is 5.26 Å². The van der Waals surface area contributed by atoms with Gasteiger partial charge in [0, 0.05) is 36.4 Å². The Hall–Kier alpha value is -3.93. The third-order valence-corrected chi connectivity index (χ3v) is 5.13. The highest BCUT2D eigenvalue weighted by molar-refractivity contribution is 5.97. The molecule has 0 unspecified atom stereocenters. The second-order valence-electron chi connectivity index (χ2n) is 7.24. The van der Waals surface area contributed by atoms with Gasteiger partial charge >= 0.3 is 0 Å². The van der Waals surface area contributed by atoms with Crippen LogP contribution in [-0.4, -0.2) is 27.2 Å². The number of nitrogens with zero attached hydrogens (tertiary/aromatic N) is 4. The molecule has 2 N–H and O–H groups in total. The molecule has 1 aromatic carbocycles. The van der Waals surface area contributed by atoms with Crippen molar-refractivity contribution in [2.45, 2.75) is 25.9 Å². The summed E-state index contributed by atoms with van der Waals surface area (Å²) >= 11 is 0. The van der Waals surface area contributed by atoms with Gasteiger partial charge in [-0.15, -0.1) is 5.10 Å². The first kappa shape index (κ1) is 20.3. The predicted molar refractivity (Wildman–Crippen MR) is 110 cm³/mol. The SMILES string of the molecule is C[C@H]1Oc2cc(cnc2N)-c2c(nn(C)c2C#N)OCCCC(=O)c2ccc(F)cc21. The highest BCUT2D eigenvalue weighted by Crippen LogP contribution is 2.37. The lowest BCUT2D eigenvalue weighted by molar-refractivity contribution is 0.0968. The van der Waals surface area contributed by atoms with Crippen LogP contribution in [0.15, 0.2) is 30.5 Å². The molecule has 158 valence electrons. The van der Waals surface area contributed by atoms with Gasteiger partial charge < -0.3 is 15.2 Å². The van der Waals surface area contributed by atoms with Crippen LogP contribution in [0.25, 0.3) is 11.1 Å². The van der Waals surface area contributed by atoms with Crippen molar-refractivity contribution in [2.75, 3.05) is 12.3 Å². The number of ether oxygens (including phenoxy) is 2. The van der Waals surface area contributed by atoms with Gasteiger partial charge in [0.05, 0.1) is 12.2 Å². The van der Waals surface area contributed by atoms with Crippen molar-refractivity contribution in [3.05, 3.63) is 53.1 Å². The maximum absolute atomic E-state index is 14.0. The van der Waals surface area contributed by atoms with Crippen molar-refractivity contribution < 1.29 is 18.7 Å². The zero-order chi connectivity index (χ0) is 22.1. The van der Waals surface area contributed by atoms with Crippen LogP contribution >= 0.6 is 0 Å². The summed E-state index contributed by atoms with van der Waals surface area (Å²) in [5.41, 5.74) is 8.12. The van der Waals surface area contributed by atoms with Gasteiger partial charge in [-0.2, -0.15) is 5.26 Å². The molecule has 2 aromatic heterocycles. The van der Waals surface area contributed by atoms with Gasteiger partial charge in [-0.05, 0) is 37.6 Å². The third kappa shape index (κ3) is 3.80. The molecule has 1 atom stereocenters. The maximum atomic E-state index is 14.0. The lowest BCUT2D eigenvalue weighted by atomic mass is 9.97. The molecule has 2 bridgehead atoms. The molecule has 0 radical (unpaired) electrons. The van der Waals surface area contributed by atoms with E-state index in [-0.39, 0.29) is 42.0 Å². The molecule has 1 aliphatic rings. The van der Waals surface area contributed by atoms with E-state index in [9.17, 15) is 14.4 Å². The molecule has 3 heterocycles. The van der Waals surface area contributed by atoms with E-state index >= 15 is 0 Å². The zero-order valence-electron chi connectivity index (χ0n) is 17.1. The van der Waals surface area contributed by atoms with E-state index in [1.165, 1.54) is 29.1 Å². The number of Topliss-reactive ketones (excluding diaryl/α,β-unsaturated/α-hetero) is 1. The van der Waals surface area contributed by atoms with E-state index in [1.54, 1.807) is 20.0 Å². The summed E-state index contributed by atoms with van der Waals surface area (Å²) in [7, 11) is 1.64. The summed E-state index contributed by atoms with van der Waals surface area (Å²) in [6.45, 7) is 1.93. The number of carbonyl (C=O) groups excluding carboxylic acids is 1. The molecular weight excluding hydrogens is 401 g/mol. The number of nitrogen functional groups attached to an aromatic ring is 1. The monoisotopic (exact) mass is 421 g/mol. The molecule has 0 spiro atoms. The lowest BCUT2D eigenvalue weighted by Crippen LogP contribution is -2.13. The number of hydrogen-bond donors (Lipinski definition) is 1. The van der Waals surface area contributed by atoms with E-state index in [1.807, 2.05) is 0 Å². The molecule has 0 saturated carbocycles. The first-order chi connectivity index (χ1) is 14.9. The molecule has 8 nitrogen and oxygen atoms in total. The zero-order valence-corrected chi connectivity index (χ0v) is 17.1. The number of halogens is 1. The quantitative estimate of drug-likeness (QED) is 0.590. The number of anilines is 1. The van der Waals surface area contributed by atoms with E-state index < -0.39 is 11.9 Å². The minimum atomic E-state index is -0.669. The topological polar surface area (TPSA) is 116 Å². The second-order valence-corrected chi connectivity index (χ2v) is 7.24. The van der Waals surface area contributed by atoms with E-state index in [4.69, 9.17) is 15.2 Å². The van der Waals surface area contributed by atoms with Gasteiger partial charge in [-0.3, -0.25) is 9.48 Å². The fraction of sp³-hybridized carbons (Fsp3) is 0.273. The average Bonchev–Trinajstić information content (AvgIpc) is 3.07. The van der Waals surface area contributed by atoms with Gasteiger partial charge in [0.2, 0.25) is 5.88 Å². The average molecular weight is 421 g/mol. The van der Waals surface area contributed by atoms with Gasteiger partial charge in [0.25, 0.3) is 0 Å². The van der Waals surface area contributed by atoms with Crippen LogP contribution in [0.5, 0.6) is 11.6 Å². The Balaban J connectivity index is 1.87. The van der Waals surface area contributed by atoms with Crippen molar-refractivity contribution in [2.24, 2.45) is 7.05 Å². The molecule has 3 aromatic rings. The molecule has 31 heavy (non-hydrogen) atoms. The molecule has 4 rings (SSSR count). The number of aromatic nitrogens is 3. The predicted octanol–water partition coefficient (Wildman–Crippen LogP) is 3.57. The van der Waals surface area contributed by atoms with E-state index in [0.29, 0.717) is 28.7 Å². The number of hydrogen-bond acceptors (Lipinski definition) is 7. The summed E-state index contributed by atoms with van der Waals surface area (Å²) in [6, 6.07) is 7.77. The van der Waals surface area contributed by atoms with Crippen LogP contribution < -0.4 is 15.2 Å².